The van der Waals surface area contributed by atoms with Gasteiger partial charge in [-0.1, -0.05) is 24.3 Å². The van der Waals surface area contributed by atoms with Crippen molar-refractivity contribution in [2.24, 2.45) is 0 Å². The number of rotatable bonds is 3. The van der Waals surface area contributed by atoms with Crippen molar-refractivity contribution >= 4 is 5.69 Å². The van der Waals surface area contributed by atoms with Crippen LogP contribution in [0.5, 0.6) is 0 Å². The highest BCUT2D eigenvalue weighted by Gasteiger charge is 2.23. The zero-order valence-corrected chi connectivity index (χ0v) is 11.7. The molecule has 3 aromatic rings. The fourth-order valence-corrected chi connectivity index (χ4v) is 2.37. The number of aromatic nitrogens is 1. The summed E-state index contributed by atoms with van der Waals surface area (Å²) in [6.45, 7) is 0. The minimum Gasteiger partial charge on any atom is -0.258 e. The molecular weight excluding hydrogens is 302 g/mol. The van der Waals surface area contributed by atoms with Crippen molar-refractivity contribution in [1.82, 2.24) is 4.98 Å². The first-order chi connectivity index (χ1) is 11.1. The molecule has 0 saturated carbocycles. The number of nitro groups is 1. The van der Waals surface area contributed by atoms with E-state index in [4.69, 9.17) is 0 Å². The van der Waals surface area contributed by atoms with E-state index in [1.165, 1.54) is 54.7 Å². The second kappa shape index (κ2) is 5.92. The third-order valence-corrected chi connectivity index (χ3v) is 3.34. The second-order valence-corrected chi connectivity index (χ2v) is 4.83. The lowest BCUT2D eigenvalue weighted by Crippen LogP contribution is -1.98. The summed E-state index contributed by atoms with van der Waals surface area (Å²) in [7, 11) is 0. The Hall–Kier alpha value is -3.15. The number of halogens is 2. The van der Waals surface area contributed by atoms with Gasteiger partial charge in [0, 0.05) is 11.8 Å². The van der Waals surface area contributed by atoms with Crippen LogP contribution in [0.15, 0.2) is 60.8 Å². The van der Waals surface area contributed by atoms with Gasteiger partial charge in [-0.2, -0.15) is 0 Å². The molecule has 114 valence electrons. The molecule has 0 bridgehead atoms. The molecule has 1 heterocycles. The smallest absolute Gasteiger partial charge is 0.258 e. The number of hydrogen-bond acceptors (Lipinski definition) is 3. The Morgan fingerprint density at radius 3 is 2.13 bits per heavy atom. The van der Waals surface area contributed by atoms with Crippen LogP contribution in [0.25, 0.3) is 22.4 Å². The molecule has 0 fully saturated rings. The predicted molar refractivity (Wildman–Crippen MR) is 81.7 cm³/mol. The van der Waals surface area contributed by atoms with Crippen molar-refractivity contribution in [1.29, 1.82) is 0 Å². The van der Waals surface area contributed by atoms with Crippen LogP contribution in [0.1, 0.15) is 0 Å². The molecule has 4 nitrogen and oxygen atoms in total. The summed E-state index contributed by atoms with van der Waals surface area (Å²) in [5.74, 6) is -1.02. The molecule has 3 rings (SSSR count). The normalized spacial score (nSPS) is 10.5. The number of benzene rings is 2. The van der Waals surface area contributed by atoms with E-state index in [0.717, 1.165) is 0 Å². The monoisotopic (exact) mass is 312 g/mol. The van der Waals surface area contributed by atoms with E-state index < -0.39 is 16.6 Å². The summed E-state index contributed by atoms with van der Waals surface area (Å²) in [4.78, 5) is 15.0. The summed E-state index contributed by atoms with van der Waals surface area (Å²) in [5, 5.41) is 11.5. The summed E-state index contributed by atoms with van der Waals surface area (Å²) in [6, 6.07) is 12.3. The highest BCUT2D eigenvalue weighted by Crippen LogP contribution is 2.37. The van der Waals surface area contributed by atoms with E-state index in [-0.39, 0.29) is 22.5 Å². The Bertz CT molecular complexity index is 834. The van der Waals surface area contributed by atoms with Crippen LogP contribution in [0.4, 0.5) is 14.5 Å². The molecule has 0 radical (unpaired) electrons. The van der Waals surface area contributed by atoms with Gasteiger partial charge in [-0.3, -0.25) is 10.1 Å². The zero-order valence-electron chi connectivity index (χ0n) is 11.7. The lowest BCUT2D eigenvalue weighted by atomic mass is 10.0. The standard InChI is InChI=1S/C17H10F2N2O2/c18-13-5-1-3-11(9-13)15-7-8-20-16(17(15)21(22)23)12-4-2-6-14(19)10-12/h1-10H. The highest BCUT2D eigenvalue weighted by molar-refractivity contribution is 5.83. The molecule has 0 saturated heterocycles. The van der Waals surface area contributed by atoms with Gasteiger partial charge in [0.05, 0.1) is 10.5 Å². The maximum atomic E-state index is 13.4. The van der Waals surface area contributed by atoms with Gasteiger partial charge in [0.15, 0.2) is 0 Å². The van der Waals surface area contributed by atoms with E-state index in [2.05, 4.69) is 4.98 Å². The topological polar surface area (TPSA) is 56.0 Å². The maximum absolute atomic E-state index is 13.4. The molecule has 0 aliphatic heterocycles. The third kappa shape index (κ3) is 2.91. The number of hydrogen-bond donors (Lipinski definition) is 0. The first-order valence-electron chi connectivity index (χ1n) is 6.71. The van der Waals surface area contributed by atoms with E-state index in [0.29, 0.717) is 5.56 Å². The Morgan fingerprint density at radius 2 is 1.52 bits per heavy atom. The largest absolute Gasteiger partial charge is 0.303 e. The molecule has 0 amide bonds. The molecule has 0 aliphatic carbocycles. The Balaban J connectivity index is 2.27. The van der Waals surface area contributed by atoms with Gasteiger partial charge in [0.1, 0.15) is 17.3 Å². The van der Waals surface area contributed by atoms with E-state index in [9.17, 15) is 18.9 Å². The van der Waals surface area contributed by atoms with Gasteiger partial charge in [-0.05, 0) is 35.9 Å². The van der Waals surface area contributed by atoms with Gasteiger partial charge in [-0.25, -0.2) is 13.8 Å². The quantitative estimate of drug-likeness (QED) is 0.524. The zero-order chi connectivity index (χ0) is 16.4. The van der Waals surface area contributed by atoms with Crippen LogP contribution in [0.2, 0.25) is 0 Å². The first-order valence-corrected chi connectivity index (χ1v) is 6.71. The number of nitrogens with zero attached hydrogens (tertiary/aromatic N) is 2. The van der Waals surface area contributed by atoms with Crippen molar-refractivity contribution in [3.63, 3.8) is 0 Å². The molecule has 0 N–H and O–H groups in total. The Kier molecular flexibility index (Phi) is 3.80. The van der Waals surface area contributed by atoms with E-state index in [1.54, 1.807) is 6.07 Å². The molecule has 23 heavy (non-hydrogen) atoms. The Morgan fingerprint density at radius 1 is 0.913 bits per heavy atom. The SMILES string of the molecule is O=[N+]([O-])c1c(-c2cccc(F)c2)ccnc1-c1cccc(F)c1. The van der Waals surface area contributed by atoms with Gasteiger partial charge >= 0.3 is 5.69 Å². The molecular formula is C17H10F2N2O2. The van der Waals surface area contributed by atoms with Gasteiger partial charge < -0.3 is 0 Å². The van der Waals surface area contributed by atoms with Crippen molar-refractivity contribution in [3.8, 4) is 22.4 Å². The second-order valence-electron chi connectivity index (χ2n) is 4.83. The molecule has 0 atom stereocenters. The Labute approximate surface area is 130 Å². The summed E-state index contributed by atoms with van der Waals surface area (Å²) < 4.78 is 26.8. The van der Waals surface area contributed by atoms with Crippen LogP contribution < -0.4 is 0 Å². The predicted octanol–water partition coefficient (Wildman–Crippen LogP) is 4.60. The van der Waals surface area contributed by atoms with E-state index in [1.807, 2.05) is 0 Å². The van der Waals surface area contributed by atoms with Gasteiger partial charge in [0.2, 0.25) is 0 Å². The lowest BCUT2D eigenvalue weighted by molar-refractivity contribution is -0.383. The average Bonchev–Trinajstić information content (AvgIpc) is 2.54. The molecule has 0 unspecified atom stereocenters. The lowest BCUT2D eigenvalue weighted by Gasteiger charge is -2.08. The minimum absolute atomic E-state index is 0.0382. The van der Waals surface area contributed by atoms with Crippen molar-refractivity contribution in [2.75, 3.05) is 0 Å². The summed E-state index contributed by atoms with van der Waals surface area (Å²) in [5.41, 5.74) is 0.621. The van der Waals surface area contributed by atoms with Crippen LogP contribution in [0, 0.1) is 21.7 Å². The fraction of sp³-hybridized carbons (Fsp3) is 0. The summed E-state index contributed by atoms with van der Waals surface area (Å²) >= 11 is 0. The van der Waals surface area contributed by atoms with Crippen LogP contribution >= 0.6 is 0 Å². The molecule has 2 aromatic carbocycles. The van der Waals surface area contributed by atoms with Crippen molar-refractivity contribution in [2.45, 2.75) is 0 Å². The molecule has 0 spiro atoms. The fourth-order valence-electron chi connectivity index (χ4n) is 2.37. The summed E-state index contributed by atoms with van der Waals surface area (Å²) in [6.07, 6.45) is 1.38. The highest BCUT2D eigenvalue weighted by atomic mass is 19.1. The van der Waals surface area contributed by atoms with Crippen molar-refractivity contribution in [3.05, 3.63) is 82.5 Å². The van der Waals surface area contributed by atoms with Gasteiger partial charge in [0.25, 0.3) is 0 Å². The molecule has 6 heteroatoms. The van der Waals surface area contributed by atoms with E-state index >= 15 is 0 Å². The maximum Gasteiger partial charge on any atom is 0.303 e. The number of pyridine rings is 1. The first kappa shape index (κ1) is 14.8. The third-order valence-electron chi connectivity index (χ3n) is 3.34. The molecule has 0 aliphatic rings. The average molecular weight is 312 g/mol. The molecule has 1 aromatic heterocycles. The van der Waals surface area contributed by atoms with Crippen LogP contribution in [-0.4, -0.2) is 9.91 Å². The van der Waals surface area contributed by atoms with Crippen molar-refractivity contribution < 1.29 is 13.7 Å². The van der Waals surface area contributed by atoms with Crippen LogP contribution in [0.3, 0.4) is 0 Å². The minimum atomic E-state index is -0.590. The van der Waals surface area contributed by atoms with Crippen LogP contribution in [-0.2, 0) is 0 Å². The van der Waals surface area contributed by atoms with Gasteiger partial charge in [-0.15, -0.1) is 0 Å².